The van der Waals surface area contributed by atoms with Crippen LogP contribution in [-0.4, -0.2) is 95.8 Å². The average molecular weight is 424 g/mol. The fraction of sp³-hybridized carbons (Fsp3) is 1.00. The number of β-amino-alcohol motifs (C(OH)–C–C–N with tert-alkyl or cyclic N) is 1. The number of likely N-dealkylation sites (tertiary alicyclic amines) is 1. The van der Waals surface area contributed by atoms with E-state index in [1.807, 2.05) is 0 Å². The molecule has 170 valence electrons. The number of aliphatic hydroxyl groups is 3. The van der Waals surface area contributed by atoms with Crippen LogP contribution in [-0.2, 0) is 14.2 Å². The lowest BCUT2D eigenvalue weighted by molar-refractivity contribution is -0.338. The van der Waals surface area contributed by atoms with Gasteiger partial charge in [-0.3, -0.25) is 4.90 Å². The summed E-state index contributed by atoms with van der Waals surface area (Å²) in [5, 5.41) is 36.8. The Bertz CT molecular complexity index is 751. The lowest BCUT2D eigenvalue weighted by Gasteiger charge is -2.70. The zero-order valence-electron chi connectivity index (χ0n) is 18.6. The van der Waals surface area contributed by atoms with E-state index in [9.17, 15) is 15.3 Å². The highest BCUT2D eigenvalue weighted by Crippen LogP contribution is 2.78. The molecule has 3 N–H and O–H groups in total. The maximum absolute atomic E-state index is 12.4. The van der Waals surface area contributed by atoms with Gasteiger partial charge in [0, 0.05) is 63.5 Å². The van der Waals surface area contributed by atoms with Crippen LogP contribution >= 0.6 is 0 Å². The van der Waals surface area contributed by atoms with Crippen molar-refractivity contribution in [3.05, 3.63) is 0 Å². The third kappa shape index (κ3) is 1.80. The van der Waals surface area contributed by atoms with Gasteiger partial charge in [0.25, 0.3) is 0 Å². The van der Waals surface area contributed by atoms with Crippen molar-refractivity contribution >= 4 is 0 Å². The summed E-state index contributed by atoms with van der Waals surface area (Å²) < 4.78 is 18.0. The van der Waals surface area contributed by atoms with Crippen LogP contribution in [0.5, 0.6) is 0 Å². The number of likely N-dealkylation sites (N-methyl/N-ethyl adjacent to an activating group) is 1. The summed E-state index contributed by atoms with van der Waals surface area (Å²) >= 11 is 0. The molecule has 6 rings (SSSR count). The SMILES string of the molecule is CCN1C[C@]2(O)CC[C@H](OC)[C@@]34[C@@H]2CC([C@@H]13)[C@@]1(O)C[C@H](OC)[C@H]2C[C@@H]4[C@]1(O)[C@H]2OC. The van der Waals surface area contributed by atoms with Crippen molar-refractivity contribution in [1.29, 1.82) is 0 Å². The van der Waals surface area contributed by atoms with Gasteiger partial charge in [-0.2, -0.15) is 0 Å². The molecule has 30 heavy (non-hydrogen) atoms. The Labute approximate surface area is 178 Å². The third-order valence-corrected chi connectivity index (χ3v) is 10.9. The molecule has 0 amide bonds. The minimum absolute atomic E-state index is 0.0300. The third-order valence-electron chi connectivity index (χ3n) is 10.9. The van der Waals surface area contributed by atoms with E-state index in [1.165, 1.54) is 0 Å². The quantitative estimate of drug-likeness (QED) is 0.603. The molecule has 0 aromatic carbocycles. The number of hydrogen-bond acceptors (Lipinski definition) is 7. The number of ether oxygens (including phenoxy) is 3. The molecule has 12 atom stereocenters. The van der Waals surface area contributed by atoms with Crippen LogP contribution in [0.25, 0.3) is 0 Å². The van der Waals surface area contributed by atoms with Gasteiger partial charge in [-0.25, -0.2) is 0 Å². The lowest BCUT2D eigenvalue weighted by Crippen LogP contribution is -2.83. The summed E-state index contributed by atoms with van der Waals surface area (Å²) in [4.78, 5) is 2.40. The summed E-state index contributed by atoms with van der Waals surface area (Å²) in [6, 6.07) is 0.0974. The highest BCUT2D eigenvalue weighted by molar-refractivity contribution is 5.38. The van der Waals surface area contributed by atoms with E-state index >= 15 is 0 Å². The first-order valence-electron chi connectivity index (χ1n) is 11.8. The van der Waals surface area contributed by atoms with Crippen LogP contribution in [0.3, 0.4) is 0 Å². The van der Waals surface area contributed by atoms with Crippen molar-refractivity contribution in [1.82, 2.24) is 4.90 Å². The van der Waals surface area contributed by atoms with Crippen molar-refractivity contribution in [3.8, 4) is 0 Å². The average Bonchev–Trinajstić information content (AvgIpc) is 3.16. The molecular formula is C23H37NO6. The maximum atomic E-state index is 12.4. The second-order valence-electron chi connectivity index (χ2n) is 11.1. The molecular weight excluding hydrogens is 386 g/mol. The summed E-state index contributed by atoms with van der Waals surface area (Å²) in [6.45, 7) is 3.62. The number of fused-ring (bicyclic) bond motifs is 2. The highest BCUT2D eigenvalue weighted by Gasteiger charge is 2.88. The highest BCUT2D eigenvalue weighted by atomic mass is 16.5. The smallest absolute Gasteiger partial charge is 0.124 e. The van der Waals surface area contributed by atoms with Crippen LogP contribution in [0.15, 0.2) is 0 Å². The van der Waals surface area contributed by atoms with Crippen molar-refractivity contribution in [2.24, 2.45) is 29.1 Å². The fourth-order valence-electron chi connectivity index (χ4n) is 10.3. The number of nitrogens with zero attached hydrogens (tertiary/aromatic N) is 1. The van der Waals surface area contributed by atoms with Crippen LogP contribution in [0.2, 0.25) is 0 Å². The summed E-state index contributed by atoms with van der Waals surface area (Å²) in [6.07, 6.45) is 2.77. The van der Waals surface area contributed by atoms with Gasteiger partial charge in [0.2, 0.25) is 0 Å². The fourth-order valence-corrected chi connectivity index (χ4v) is 10.3. The summed E-state index contributed by atoms with van der Waals surface area (Å²) in [5.74, 6) is -0.262. The Morgan fingerprint density at radius 2 is 1.77 bits per heavy atom. The van der Waals surface area contributed by atoms with Crippen LogP contribution in [0, 0.1) is 29.1 Å². The van der Waals surface area contributed by atoms with E-state index in [0.29, 0.717) is 13.0 Å². The normalized spacial score (nSPS) is 63.3. The summed E-state index contributed by atoms with van der Waals surface area (Å²) in [5.41, 5.74) is -3.81. The molecule has 1 aliphatic heterocycles. The maximum Gasteiger partial charge on any atom is 0.124 e. The number of piperidine rings is 1. The Kier molecular flexibility index (Phi) is 4.06. The molecule has 0 aromatic heterocycles. The molecule has 7 bridgehead atoms. The first-order valence-corrected chi connectivity index (χ1v) is 11.8. The van der Waals surface area contributed by atoms with Gasteiger partial charge in [0.05, 0.1) is 23.9 Å². The van der Waals surface area contributed by atoms with Crippen molar-refractivity contribution in [3.63, 3.8) is 0 Å². The molecule has 1 unspecified atom stereocenters. The monoisotopic (exact) mass is 423 g/mol. The van der Waals surface area contributed by atoms with E-state index in [2.05, 4.69) is 11.8 Å². The van der Waals surface area contributed by atoms with Gasteiger partial charge in [0.1, 0.15) is 11.2 Å². The van der Waals surface area contributed by atoms with Gasteiger partial charge in [-0.1, -0.05) is 6.92 Å². The van der Waals surface area contributed by atoms with E-state index in [1.54, 1.807) is 21.3 Å². The van der Waals surface area contributed by atoms with Gasteiger partial charge in [0.15, 0.2) is 0 Å². The van der Waals surface area contributed by atoms with Crippen LogP contribution in [0.1, 0.15) is 39.0 Å². The largest absolute Gasteiger partial charge is 0.388 e. The standard InChI is InChI=1S/C23H37NO6/c1-5-24-11-20(25)7-6-17(29-3)22-15(20)9-13(18(22)24)21(26)10-14(28-2)12-8-16(22)23(21,27)19(12)30-4/h12-19,25-27H,5-11H2,1-4H3/t12-,13?,14+,15-,16+,17+,18-,19+,20-,21+,22+,23+/m1/s1. The Morgan fingerprint density at radius 1 is 1.00 bits per heavy atom. The molecule has 6 aliphatic rings. The van der Waals surface area contributed by atoms with Gasteiger partial charge >= 0.3 is 0 Å². The number of hydrogen-bond donors (Lipinski definition) is 3. The Balaban J connectivity index is 1.63. The zero-order chi connectivity index (χ0) is 21.3. The molecule has 0 aromatic rings. The second-order valence-corrected chi connectivity index (χ2v) is 11.1. The first-order chi connectivity index (χ1) is 14.3. The predicted molar refractivity (Wildman–Crippen MR) is 108 cm³/mol. The zero-order valence-corrected chi connectivity index (χ0v) is 18.6. The molecule has 7 nitrogen and oxygen atoms in total. The molecule has 7 heteroatoms. The van der Waals surface area contributed by atoms with Gasteiger partial charge in [-0.15, -0.1) is 0 Å². The van der Waals surface area contributed by atoms with Gasteiger partial charge in [-0.05, 0) is 38.1 Å². The predicted octanol–water partition coefficient (Wildman–Crippen LogP) is 0.399. The van der Waals surface area contributed by atoms with Crippen LogP contribution in [0.4, 0.5) is 0 Å². The minimum atomic E-state index is -1.34. The number of methoxy groups -OCH3 is 3. The molecule has 1 saturated heterocycles. The molecule has 1 spiro atoms. The summed E-state index contributed by atoms with van der Waals surface area (Å²) in [7, 11) is 5.13. The number of rotatable bonds is 4. The Morgan fingerprint density at radius 3 is 2.40 bits per heavy atom. The van der Waals surface area contributed by atoms with E-state index in [0.717, 1.165) is 32.2 Å². The first kappa shape index (κ1) is 20.3. The second kappa shape index (κ2) is 5.99. The molecule has 6 fully saturated rings. The van der Waals surface area contributed by atoms with Crippen molar-refractivity contribution in [2.45, 2.75) is 80.2 Å². The van der Waals surface area contributed by atoms with E-state index in [4.69, 9.17) is 14.2 Å². The van der Waals surface area contributed by atoms with E-state index < -0.39 is 22.9 Å². The Hall–Kier alpha value is -0.280. The molecule has 5 aliphatic carbocycles. The van der Waals surface area contributed by atoms with Crippen molar-refractivity contribution in [2.75, 3.05) is 34.4 Å². The lowest BCUT2D eigenvalue weighted by atomic mass is 9.44. The van der Waals surface area contributed by atoms with E-state index in [-0.39, 0.29) is 47.3 Å². The van der Waals surface area contributed by atoms with Gasteiger partial charge < -0.3 is 29.5 Å². The van der Waals surface area contributed by atoms with Crippen LogP contribution < -0.4 is 0 Å². The molecule has 5 saturated carbocycles. The minimum Gasteiger partial charge on any atom is -0.388 e. The topological polar surface area (TPSA) is 91.6 Å². The molecule has 0 radical (unpaired) electrons. The molecule has 1 heterocycles. The van der Waals surface area contributed by atoms with Crippen molar-refractivity contribution < 1.29 is 29.5 Å².